The number of rotatable bonds is 6. The minimum absolute atomic E-state index is 0.0203. The molecule has 9 heteroatoms. The monoisotopic (exact) mass is 562 g/mol. The molecule has 0 aliphatic carbocycles. The fraction of sp³-hybridized carbons (Fsp3) is 0.303. The Morgan fingerprint density at radius 1 is 1.10 bits per heavy atom. The average Bonchev–Trinajstić information content (AvgIpc) is 3.28. The van der Waals surface area contributed by atoms with Crippen molar-refractivity contribution in [2.45, 2.75) is 18.9 Å². The minimum Gasteiger partial charge on any atom is -0.496 e. The molecule has 4 heterocycles. The molecule has 2 aromatic heterocycles. The Hall–Kier alpha value is -4.81. The predicted molar refractivity (Wildman–Crippen MR) is 163 cm³/mol. The number of aryl methyl sites for hydroxylation is 1. The molecule has 0 spiro atoms. The van der Waals surface area contributed by atoms with Crippen molar-refractivity contribution in [2.24, 2.45) is 13.0 Å². The normalized spacial score (nSPS) is 16.0. The second-order valence-corrected chi connectivity index (χ2v) is 10.7. The number of hydrogen-bond donors (Lipinski definition) is 1. The van der Waals surface area contributed by atoms with Crippen molar-refractivity contribution in [1.82, 2.24) is 24.3 Å². The number of nitrogens with zero attached hydrogens (tertiary/aromatic N) is 5. The van der Waals surface area contributed by atoms with Crippen LogP contribution in [0.1, 0.15) is 18.5 Å². The molecule has 0 unspecified atom stereocenters. The highest BCUT2D eigenvalue weighted by Gasteiger charge is 2.34. The highest BCUT2D eigenvalue weighted by atomic mass is 16.5. The smallest absolute Gasteiger partial charge is 0.245 e. The van der Waals surface area contributed by atoms with Crippen LogP contribution in [0.3, 0.4) is 0 Å². The summed E-state index contributed by atoms with van der Waals surface area (Å²) in [6.07, 6.45) is 4.84. The van der Waals surface area contributed by atoms with E-state index in [-0.39, 0.29) is 11.8 Å². The van der Waals surface area contributed by atoms with Gasteiger partial charge in [0.15, 0.2) is 0 Å². The Kier molecular flexibility index (Phi) is 7.55. The topological polar surface area (TPSA) is 98.7 Å². The lowest BCUT2D eigenvalue weighted by atomic mass is 9.93. The Labute approximate surface area is 245 Å². The van der Waals surface area contributed by atoms with E-state index in [9.17, 15) is 4.79 Å². The number of anilines is 1. The molecule has 4 aromatic rings. The molecule has 2 fully saturated rings. The molecule has 0 atom stereocenters. The molecule has 2 saturated heterocycles. The minimum atomic E-state index is 0.0203. The van der Waals surface area contributed by atoms with E-state index >= 15 is 0 Å². The number of piperidine rings is 1. The lowest BCUT2D eigenvalue weighted by Gasteiger charge is -2.45. The Balaban J connectivity index is 1.27. The van der Waals surface area contributed by atoms with Crippen molar-refractivity contribution in [3.05, 3.63) is 73.2 Å². The number of hydrogen-bond acceptors (Lipinski definition) is 7. The average molecular weight is 563 g/mol. The van der Waals surface area contributed by atoms with Gasteiger partial charge in [0.05, 0.1) is 12.5 Å². The maximum atomic E-state index is 11.9. The van der Waals surface area contributed by atoms with E-state index in [1.165, 1.54) is 12.4 Å². The van der Waals surface area contributed by atoms with Crippen LogP contribution in [0.25, 0.3) is 22.2 Å². The summed E-state index contributed by atoms with van der Waals surface area (Å²) in [6, 6.07) is 15.9. The van der Waals surface area contributed by atoms with Crippen LogP contribution in [-0.4, -0.2) is 69.6 Å². The number of carbonyl (C=O) groups excluding carboxylic acids is 1. The van der Waals surface area contributed by atoms with E-state index < -0.39 is 0 Å². The van der Waals surface area contributed by atoms with Gasteiger partial charge in [-0.15, -0.1) is 0 Å². The first-order chi connectivity index (χ1) is 20.5. The number of nitrogens with two attached hydrogens (primary N) is 1. The number of fused-ring (bicyclic) bond motifs is 1. The van der Waals surface area contributed by atoms with Gasteiger partial charge in [-0.05, 0) is 49.1 Å². The lowest BCUT2D eigenvalue weighted by Crippen LogP contribution is -2.55. The molecule has 2 aliphatic rings. The van der Waals surface area contributed by atoms with Crippen molar-refractivity contribution in [3.8, 4) is 40.2 Å². The van der Waals surface area contributed by atoms with Crippen LogP contribution < -0.4 is 15.2 Å². The number of aromatic nitrogens is 3. The summed E-state index contributed by atoms with van der Waals surface area (Å²) in [5, 5.41) is 0.746. The van der Waals surface area contributed by atoms with Gasteiger partial charge in [0.1, 0.15) is 40.7 Å². The zero-order valence-corrected chi connectivity index (χ0v) is 23.9. The summed E-state index contributed by atoms with van der Waals surface area (Å²) in [7, 11) is 3.59. The fourth-order valence-electron chi connectivity index (χ4n) is 5.90. The van der Waals surface area contributed by atoms with E-state index in [1.54, 1.807) is 7.11 Å². The van der Waals surface area contributed by atoms with Gasteiger partial charge in [-0.2, -0.15) is 0 Å². The van der Waals surface area contributed by atoms with E-state index in [1.807, 2.05) is 65.0 Å². The number of likely N-dealkylation sites (tertiary alicyclic amines) is 2. The van der Waals surface area contributed by atoms with Gasteiger partial charge in [0, 0.05) is 62.4 Å². The number of carbonyl (C=O) groups is 1. The molecule has 2 N–H and O–H groups in total. The molecule has 9 nitrogen and oxygen atoms in total. The van der Waals surface area contributed by atoms with Crippen LogP contribution in [0.2, 0.25) is 0 Å². The lowest BCUT2D eigenvalue weighted by molar-refractivity contribution is -0.127. The Morgan fingerprint density at radius 3 is 2.57 bits per heavy atom. The molecule has 1 amide bonds. The summed E-state index contributed by atoms with van der Waals surface area (Å²) in [6.45, 7) is 7.00. The second kappa shape index (κ2) is 11.6. The van der Waals surface area contributed by atoms with E-state index in [0.717, 1.165) is 67.0 Å². The third kappa shape index (κ3) is 5.17. The largest absolute Gasteiger partial charge is 0.496 e. The number of para-hydroxylation sites is 1. The number of benzene rings is 2. The zero-order valence-electron chi connectivity index (χ0n) is 23.9. The maximum Gasteiger partial charge on any atom is 0.245 e. The van der Waals surface area contributed by atoms with Crippen molar-refractivity contribution < 1.29 is 14.3 Å². The van der Waals surface area contributed by atoms with E-state index in [0.29, 0.717) is 29.0 Å². The zero-order chi connectivity index (χ0) is 29.2. The van der Waals surface area contributed by atoms with Crippen LogP contribution in [-0.2, 0) is 11.8 Å². The molecule has 214 valence electrons. The summed E-state index contributed by atoms with van der Waals surface area (Å²) < 4.78 is 13.9. The Bertz CT molecular complexity index is 1690. The van der Waals surface area contributed by atoms with Gasteiger partial charge in [0.25, 0.3) is 0 Å². The van der Waals surface area contributed by atoms with Gasteiger partial charge < -0.3 is 24.7 Å². The van der Waals surface area contributed by atoms with Gasteiger partial charge >= 0.3 is 0 Å². The van der Waals surface area contributed by atoms with Gasteiger partial charge in [-0.3, -0.25) is 9.69 Å². The Morgan fingerprint density at radius 2 is 1.86 bits per heavy atom. The maximum absolute atomic E-state index is 11.9. The number of amides is 1. The first-order valence-corrected chi connectivity index (χ1v) is 14.1. The predicted octanol–water partition coefficient (Wildman–Crippen LogP) is 4.48. The van der Waals surface area contributed by atoms with Crippen molar-refractivity contribution in [1.29, 1.82) is 0 Å². The molecule has 6 rings (SSSR count). The van der Waals surface area contributed by atoms with Crippen molar-refractivity contribution in [3.63, 3.8) is 0 Å². The van der Waals surface area contributed by atoms with Crippen molar-refractivity contribution >= 4 is 22.8 Å². The van der Waals surface area contributed by atoms with Crippen LogP contribution in [0.5, 0.6) is 17.2 Å². The van der Waals surface area contributed by atoms with Crippen LogP contribution in [0, 0.1) is 17.8 Å². The third-order valence-corrected chi connectivity index (χ3v) is 8.19. The first-order valence-electron chi connectivity index (χ1n) is 14.1. The van der Waals surface area contributed by atoms with E-state index in [2.05, 4.69) is 33.3 Å². The van der Waals surface area contributed by atoms with Crippen LogP contribution >= 0.6 is 0 Å². The van der Waals surface area contributed by atoms with E-state index in [4.69, 9.17) is 15.2 Å². The standard InChI is InChI=1S/C33H34N6O3/c1-4-29(40)38-16-14-23(15-17-38)39-19-22(20-39)10-13-27-30(31-32(34)35-21-36-33(31)37(27)2)26-12-11-25(18-28(26)41-3)42-24-8-6-5-7-9-24/h4-9,11-12,18,21-23H,1,14-17,19-20H2,2-3H3,(H2,34,35,36). The molecule has 2 aliphatic heterocycles. The quantitative estimate of drug-likeness (QED) is 0.273. The molecular weight excluding hydrogens is 528 g/mol. The highest BCUT2D eigenvalue weighted by molar-refractivity contribution is 6.04. The first kappa shape index (κ1) is 27.4. The number of nitrogen functional groups attached to an aromatic ring is 1. The third-order valence-electron chi connectivity index (χ3n) is 8.19. The van der Waals surface area contributed by atoms with Crippen LogP contribution in [0.4, 0.5) is 5.82 Å². The number of ether oxygens (including phenoxy) is 2. The van der Waals surface area contributed by atoms with Crippen LogP contribution in [0.15, 0.2) is 67.5 Å². The summed E-state index contributed by atoms with van der Waals surface area (Å²) in [5.41, 5.74) is 9.62. The fourth-order valence-corrected chi connectivity index (χ4v) is 5.90. The molecular formula is C33H34N6O3. The molecule has 42 heavy (non-hydrogen) atoms. The summed E-state index contributed by atoms with van der Waals surface area (Å²) >= 11 is 0. The number of methoxy groups -OCH3 is 1. The highest BCUT2D eigenvalue weighted by Crippen LogP contribution is 2.42. The van der Waals surface area contributed by atoms with Gasteiger partial charge in [-0.25, -0.2) is 9.97 Å². The molecule has 0 radical (unpaired) electrons. The molecule has 2 aromatic carbocycles. The van der Waals surface area contributed by atoms with Gasteiger partial charge in [0.2, 0.25) is 5.91 Å². The summed E-state index contributed by atoms with van der Waals surface area (Å²) in [4.78, 5) is 25.1. The molecule has 0 saturated carbocycles. The summed E-state index contributed by atoms with van der Waals surface area (Å²) in [5.74, 6) is 9.69. The second-order valence-electron chi connectivity index (χ2n) is 10.7. The molecule has 0 bridgehead atoms. The van der Waals surface area contributed by atoms with Gasteiger partial charge in [-0.1, -0.05) is 30.7 Å². The SMILES string of the molecule is C=CC(=O)N1CCC(N2CC(C#Cc3c(-c4ccc(Oc5ccccc5)cc4OC)c4c(N)ncnc4n3C)C2)CC1. The van der Waals surface area contributed by atoms with Crippen molar-refractivity contribution in [2.75, 3.05) is 39.0 Å².